The van der Waals surface area contributed by atoms with Gasteiger partial charge in [0.15, 0.2) is 0 Å². The number of hydrogen-bond donors (Lipinski definition) is 2. The summed E-state index contributed by atoms with van der Waals surface area (Å²) < 4.78 is 0. The van der Waals surface area contributed by atoms with Gasteiger partial charge in [0, 0.05) is 29.7 Å². The maximum absolute atomic E-state index is 12.2. The van der Waals surface area contributed by atoms with Crippen LogP contribution in [-0.2, 0) is 4.79 Å². The monoisotopic (exact) mass is 330 g/mol. The molecule has 1 atom stereocenters. The lowest BCUT2D eigenvalue weighted by Gasteiger charge is -2.19. The van der Waals surface area contributed by atoms with Crippen molar-refractivity contribution in [3.05, 3.63) is 34.7 Å². The maximum Gasteiger partial charge on any atom is 0.324 e. The standard InChI is InChI=1S/C16H18N4O2S/c1-10(15(21)20-8-7-17-16(20)22)18-13-5-3-12(4-6-13)14-9-23-11(2)19-14/h3-6,9-10,18H,7-8H2,1-2H3,(H,17,22). The normalized spacial score (nSPS) is 15.4. The lowest BCUT2D eigenvalue weighted by Crippen LogP contribution is -2.43. The molecule has 1 aromatic heterocycles. The zero-order chi connectivity index (χ0) is 16.4. The van der Waals surface area contributed by atoms with Gasteiger partial charge in [-0.2, -0.15) is 0 Å². The van der Waals surface area contributed by atoms with Gasteiger partial charge >= 0.3 is 6.03 Å². The molecular weight excluding hydrogens is 312 g/mol. The number of urea groups is 1. The second kappa shape index (κ2) is 6.37. The number of aryl methyl sites for hydroxylation is 1. The van der Waals surface area contributed by atoms with Crippen molar-refractivity contribution in [2.75, 3.05) is 18.4 Å². The molecular formula is C16H18N4O2S. The Kier molecular flexibility index (Phi) is 4.29. The van der Waals surface area contributed by atoms with E-state index in [1.54, 1.807) is 18.3 Å². The van der Waals surface area contributed by atoms with Gasteiger partial charge in [0.2, 0.25) is 0 Å². The van der Waals surface area contributed by atoms with Gasteiger partial charge in [0.1, 0.15) is 6.04 Å². The molecule has 6 nitrogen and oxygen atoms in total. The average molecular weight is 330 g/mol. The third-order valence-electron chi connectivity index (χ3n) is 3.68. The minimum absolute atomic E-state index is 0.223. The van der Waals surface area contributed by atoms with Gasteiger partial charge in [-0.05, 0) is 26.0 Å². The highest BCUT2D eigenvalue weighted by atomic mass is 32.1. The van der Waals surface area contributed by atoms with Crippen LogP contribution in [0.15, 0.2) is 29.6 Å². The third-order valence-corrected chi connectivity index (χ3v) is 4.45. The number of imide groups is 1. The van der Waals surface area contributed by atoms with Crippen molar-refractivity contribution >= 4 is 29.0 Å². The number of carbonyl (C=O) groups excluding carboxylic acids is 2. The van der Waals surface area contributed by atoms with Crippen molar-refractivity contribution in [1.82, 2.24) is 15.2 Å². The van der Waals surface area contributed by atoms with Crippen LogP contribution in [0.4, 0.5) is 10.5 Å². The number of benzene rings is 1. The van der Waals surface area contributed by atoms with Crippen LogP contribution in [0.25, 0.3) is 11.3 Å². The van der Waals surface area contributed by atoms with E-state index in [1.165, 1.54) is 4.90 Å². The van der Waals surface area contributed by atoms with Crippen molar-refractivity contribution in [3.63, 3.8) is 0 Å². The molecule has 120 valence electrons. The number of thiazole rings is 1. The van der Waals surface area contributed by atoms with Crippen molar-refractivity contribution < 1.29 is 9.59 Å². The SMILES string of the molecule is Cc1nc(-c2ccc(NC(C)C(=O)N3CCNC3=O)cc2)cs1. The predicted molar refractivity (Wildman–Crippen MR) is 90.5 cm³/mol. The summed E-state index contributed by atoms with van der Waals surface area (Å²) in [5.74, 6) is -0.223. The Hall–Kier alpha value is -2.41. The zero-order valence-electron chi connectivity index (χ0n) is 13.0. The first-order valence-electron chi connectivity index (χ1n) is 7.43. The quantitative estimate of drug-likeness (QED) is 0.903. The van der Waals surface area contributed by atoms with Gasteiger partial charge in [-0.25, -0.2) is 9.78 Å². The van der Waals surface area contributed by atoms with Crippen LogP contribution in [0.2, 0.25) is 0 Å². The average Bonchev–Trinajstić information content (AvgIpc) is 3.16. The summed E-state index contributed by atoms with van der Waals surface area (Å²) in [6.45, 7) is 4.67. The molecule has 23 heavy (non-hydrogen) atoms. The third kappa shape index (κ3) is 3.34. The largest absolute Gasteiger partial charge is 0.374 e. The summed E-state index contributed by atoms with van der Waals surface area (Å²) in [5.41, 5.74) is 2.83. The van der Waals surface area contributed by atoms with Crippen LogP contribution in [0.1, 0.15) is 11.9 Å². The van der Waals surface area contributed by atoms with Gasteiger partial charge in [-0.15, -0.1) is 11.3 Å². The second-order valence-electron chi connectivity index (χ2n) is 5.42. The molecule has 1 fully saturated rings. The van der Waals surface area contributed by atoms with Crippen LogP contribution in [0.5, 0.6) is 0 Å². The number of carbonyl (C=O) groups is 2. The predicted octanol–water partition coefficient (Wildman–Crippen LogP) is 2.47. The number of rotatable bonds is 4. The Labute approximate surface area is 138 Å². The van der Waals surface area contributed by atoms with E-state index in [0.29, 0.717) is 13.1 Å². The van der Waals surface area contributed by atoms with Gasteiger partial charge in [0.25, 0.3) is 5.91 Å². The molecule has 1 aliphatic heterocycles. The second-order valence-corrected chi connectivity index (χ2v) is 6.48. The molecule has 1 saturated heterocycles. The van der Waals surface area contributed by atoms with E-state index >= 15 is 0 Å². The smallest absolute Gasteiger partial charge is 0.324 e. The summed E-state index contributed by atoms with van der Waals surface area (Å²) in [6, 6.07) is 6.98. The van der Waals surface area contributed by atoms with Gasteiger partial charge in [0.05, 0.1) is 10.7 Å². The molecule has 1 unspecified atom stereocenters. The lowest BCUT2D eigenvalue weighted by molar-refractivity contribution is -0.128. The summed E-state index contributed by atoms with van der Waals surface area (Å²) in [7, 11) is 0. The molecule has 0 saturated carbocycles. The molecule has 3 rings (SSSR count). The Balaban J connectivity index is 1.66. The Bertz CT molecular complexity index is 726. The van der Waals surface area contributed by atoms with E-state index in [0.717, 1.165) is 22.0 Å². The van der Waals surface area contributed by atoms with E-state index in [1.807, 2.05) is 36.6 Å². The molecule has 2 aromatic rings. The zero-order valence-corrected chi connectivity index (χ0v) is 13.8. The molecule has 7 heteroatoms. The van der Waals surface area contributed by atoms with E-state index < -0.39 is 6.04 Å². The molecule has 2 heterocycles. The molecule has 0 aliphatic carbocycles. The van der Waals surface area contributed by atoms with Crippen molar-refractivity contribution in [2.45, 2.75) is 19.9 Å². The minimum Gasteiger partial charge on any atom is -0.374 e. The maximum atomic E-state index is 12.2. The fraction of sp³-hybridized carbons (Fsp3) is 0.312. The summed E-state index contributed by atoms with van der Waals surface area (Å²) >= 11 is 1.62. The molecule has 2 N–H and O–H groups in total. The molecule has 3 amide bonds. The number of nitrogens with zero attached hydrogens (tertiary/aromatic N) is 2. The number of aromatic nitrogens is 1. The van der Waals surface area contributed by atoms with Crippen molar-refractivity contribution in [1.29, 1.82) is 0 Å². The van der Waals surface area contributed by atoms with Crippen LogP contribution in [0, 0.1) is 6.92 Å². The first-order chi connectivity index (χ1) is 11.0. The molecule has 0 spiro atoms. The fourth-order valence-electron chi connectivity index (χ4n) is 2.46. The lowest BCUT2D eigenvalue weighted by atomic mass is 10.1. The fourth-order valence-corrected chi connectivity index (χ4v) is 3.08. The molecule has 0 bridgehead atoms. The first kappa shape index (κ1) is 15.5. The highest BCUT2D eigenvalue weighted by Crippen LogP contribution is 2.23. The number of nitrogens with one attached hydrogen (secondary N) is 2. The molecule has 0 radical (unpaired) electrons. The Morgan fingerprint density at radius 3 is 2.70 bits per heavy atom. The number of hydrogen-bond acceptors (Lipinski definition) is 5. The van der Waals surface area contributed by atoms with Gasteiger partial charge in [-0.1, -0.05) is 12.1 Å². The van der Waals surface area contributed by atoms with E-state index in [9.17, 15) is 9.59 Å². The van der Waals surface area contributed by atoms with Crippen LogP contribution >= 0.6 is 11.3 Å². The van der Waals surface area contributed by atoms with Crippen LogP contribution < -0.4 is 10.6 Å². The van der Waals surface area contributed by atoms with Gasteiger partial charge in [-0.3, -0.25) is 9.69 Å². The molecule has 1 aliphatic rings. The van der Waals surface area contributed by atoms with Crippen molar-refractivity contribution in [2.24, 2.45) is 0 Å². The Morgan fingerprint density at radius 2 is 2.13 bits per heavy atom. The highest BCUT2D eigenvalue weighted by molar-refractivity contribution is 7.09. The van der Waals surface area contributed by atoms with Crippen LogP contribution in [0.3, 0.4) is 0 Å². The summed E-state index contributed by atoms with van der Waals surface area (Å²) in [6.07, 6.45) is 0. The van der Waals surface area contributed by atoms with Crippen molar-refractivity contribution in [3.8, 4) is 11.3 Å². The number of anilines is 1. The van der Waals surface area contributed by atoms with Gasteiger partial charge < -0.3 is 10.6 Å². The van der Waals surface area contributed by atoms with E-state index in [4.69, 9.17) is 0 Å². The van der Waals surface area contributed by atoms with E-state index in [2.05, 4.69) is 15.6 Å². The van der Waals surface area contributed by atoms with Crippen LogP contribution in [-0.4, -0.2) is 41.0 Å². The van der Waals surface area contributed by atoms with E-state index in [-0.39, 0.29) is 11.9 Å². The first-order valence-corrected chi connectivity index (χ1v) is 8.31. The summed E-state index contributed by atoms with van der Waals surface area (Å²) in [5, 5.41) is 8.82. The minimum atomic E-state index is -0.466. The number of amides is 3. The highest BCUT2D eigenvalue weighted by Gasteiger charge is 2.29. The Morgan fingerprint density at radius 1 is 1.39 bits per heavy atom. The molecule has 1 aromatic carbocycles. The summed E-state index contributed by atoms with van der Waals surface area (Å²) in [4.78, 5) is 29.5. The topological polar surface area (TPSA) is 74.3 Å².